The predicted octanol–water partition coefficient (Wildman–Crippen LogP) is 3.85. The van der Waals surface area contributed by atoms with E-state index in [1.54, 1.807) is 18.3 Å². The largest absolute Gasteiger partial charge is 0.488 e. The number of nitrogens with zero attached hydrogens (tertiary/aromatic N) is 1. The molecule has 0 amide bonds. The molecule has 0 saturated carbocycles. The van der Waals surface area contributed by atoms with E-state index in [9.17, 15) is 5.11 Å². The van der Waals surface area contributed by atoms with Gasteiger partial charge in [-0.1, -0.05) is 15.9 Å². The number of aliphatic hydroxyl groups is 1. The average molecular weight is 328 g/mol. The number of halogens is 1. The van der Waals surface area contributed by atoms with Crippen LogP contribution in [0.5, 0.6) is 5.75 Å². The fourth-order valence-electron chi connectivity index (χ4n) is 1.60. The maximum atomic E-state index is 9.72. The van der Waals surface area contributed by atoms with Crippen LogP contribution in [0.25, 0.3) is 0 Å². The normalized spacial score (nSPS) is 12.4. The van der Waals surface area contributed by atoms with E-state index in [2.05, 4.69) is 20.9 Å². The zero-order valence-electron chi connectivity index (χ0n) is 10.2. The van der Waals surface area contributed by atoms with Crippen molar-refractivity contribution >= 4 is 27.3 Å². The van der Waals surface area contributed by atoms with Gasteiger partial charge in [0.05, 0.1) is 16.0 Å². The van der Waals surface area contributed by atoms with Crippen LogP contribution in [0.1, 0.15) is 28.5 Å². The lowest BCUT2D eigenvalue weighted by molar-refractivity contribution is 0.190. The van der Waals surface area contributed by atoms with Crippen molar-refractivity contribution < 1.29 is 9.84 Å². The van der Waals surface area contributed by atoms with Gasteiger partial charge >= 0.3 is 0 Å². The van der Waals surface area contributed by atoms with E-state index < -0.39 is 6.10 Å². The number of thiazole rings is 1. The second kappa shape index (κ2) is 5.82. The van der Waals surface area contributed by atoms with Crippen molar-refractivity contribution in [3.05, 3.63) is 44.3 Å². The molecule has 1 aromatic heterocycles. The fraction of sp³-hybridized carbons (Fsp3) is 0.308. The second-order valence-corrected chi connectivity index (χ2v) is 6.23. The summed E-state index contributed by atoms with van der Waals surface area (Å²) in [7, 11) is 0. The molecule has 0 bridgehead atoms. The Morgan fingerprint density at radius 3 is 2.89 bits per heavy atom. The number of aromatic nitrogens is 1. The highest BCUT2D eigenvalue weighted by Gasteiger charge is 2.10. The summed E-state index contributed by atoms with van der Waals surface area (Å²) in [6.07, 6.45) is 1.27. The molecule has 0 aliphatic carbocycles. The molecule has 1 heterocycles. The molecule has 18 heavy (non-hydrogen) atoms. The summed E-state index contributed by atoms with van der Waals surface area (Å²) in [6, 6.07) is 5.64. The Morgan fingerprint density at radius 2 is 2.28 bits per heavy atom. The number of aliphatic hydroxyl groups excluding tert-OH is 1. The van der Waals surface area contributed by atoms with Crippen LogP contribution in [0.4, 0.5) is 0 Å². The Bertz CT molecular complexity index is 540. The zero-order chi connectivity index (χ0) is 13.1. The van der Waals surface area contributed by atoms with Crippen molar-refractivity contribution in [3.8, 4) is 5.75 Å². The maximum Gasteiger partial charge on any atom is 0.125 e. The van der Waals surface area contributed by atoms with Gasteiger partial charge in [0, 0.05) is 16.2 Å². The molecule has 3 nitrogen and oxygen atoms in total. The van der Waals surface area contributed by atoms with Crippen molar-refractivity contribution in [2.75, 3.05) is 0 Å². The van der Waals surface area contributed by atoms with Gasteiger partial charge in [-0.05, 0) is 32.0 Å². The summed E-state index contributed by atoms with van der Waals surface area (Å²) in [5, 5.41) is 10.7. The van der Waals surface area contributed by atoms with Crippen LogP contribution in [-0.2, 0) is 6.61 Å². The number of ether oxygens (including phenoxy) is 1. The van der Waals surface area contributed by atoms with Crippen molar-refractivity contribution in [2.24, 2.45) is 0 Å². The molecule has 0 saturated heterocycles. The number of rotatable bonds is 4. The third-order valence-electron chi connectivity index (χ3n) is 2.46. The molecule has 0 radical (unpaired) electrons. The average Bonchev–Trinajstić information content (AvgIpc) is 2.73. The molecule has 96 valence electrons. The zero-order valence-corrected chi connectivity index (χ0v) is 12.6. The maximum absolute atomic E-state index is 9.72. The van der Waals surface area contributed by atoms with Crippen LogP contribution in [0.2, 0.25) is 0 Å². The Hall–Kier alpha value is -0.910. The van der Waals surface area contributed by atoms with E-state index in [-0.39, 0.29) is 0 Å². The number of hydrogen-bond acceptors (Lipinski definition) is 4. The van der Waals surface area contributed by atoms with Crippen LogP contribution in [-0.4, -0.2) is 10.1 Å². The van der Waals surface area contributed by atoms with Gasteiger partial charge in [0.15, 0.2) is 0 Å². The van der Waals surface area contributed by atoms with Gasteiger partial charge in [0.25, 0.3) is 0 Å². The number of aryl methyl sites for hydroxylation is 1. The Morgan fingerprint density at radius 1 is 1.50 bits per heavy atom. The Kier molecular flexibility index (Phi) is 4.37. The minimum atomic E-state index is -0.555. The van der Waals surface area contributed by atoms with Crippen molar-refractivity contribution in [1.29, 1.82) is 0 Å². The summed E-state index contributed by atoms with van der Waals surface area (Å²) in [4.78, 5) is 5.26. The van der Waals surface area contributed by atoms with Gasteiger partial charge in [-0.25, -0.2) is 4.98 Å². The highest BCUT2D eigenvalue weighted by molar-refractivity contribution is 9.10. The summed E-state index contributed by atoms with van der Waals surface area (Å²) in [5.41, 5.74) is 0.783. The van der Waals surface area contributed by atoms with Crippen LogP contribution in [0.15, 0.2) is 28.9 Å². The van der Waals surface area contributed by atoms with Crippen molar-refractivity contribution in [2.45, 2.75) is 26.6 Å². The number of benzene rings is 1. The first-order chi connectivity index (χ1) is 8.56. The standard InChI is InChI=1S/C13H14BrNO2S/c1-8(16)12-5-10(14)3-4-13(12)17-7-11-6-15-9(2)18-11/h3-6,8,16H,7H2,1-2H3/t8-/m1/s1. The molecule has 1 aromatic carbocycles. The lowest BCUT2D eigenvalue weighted by atomic mass is 10.1. The van der Waals surface area contributed by atoms with E-state index in [0.717, 1.165) is 19.9 Å². The van der Waals surface area contributed by atoms with Crippen molar-refractivity contribution in [1.82, 2.24) is 4.98 Å². The first-order valence-corrected chi connectivity index (χ1v) is 7.19. The first-order valence-electron chi connectivity index (χ1n) is 5.58. The number of hydrogen-bond donors (Lipinski definition) is 1. The van der Waals surface area contributed by atoms with Gasteiger partial charge in [0.2, 0.25) is 0 Å². The third kappa shape index (κ3) is 3.31. The summed E-state index contributed by atoms with van der Waals surface area (Å²) < 4.78 is 6.67. The minimum Gasteiger partial charge on any atom is -0.488 e. The molecule has 0 unspecified atom stereocenters. The van der Waals surface area contributed by atoms with E-state index in [1.165, 1.54) is 0 Å². The highest BCUT2D eigenvalue weighted by Crippen LogP contribution is 2.29. The molecule has 0 aliphatic rings. The van der Waals surface area contributed by atoms with Crippen LogP contribution in [0, 0.1) is 6.92 Å². The fourth-order valence-corrected chi connectivity index (χ4v) is 2.69. The SMILES string of the molecule is Cc1ncc(COc2ccc(Br)cc2[C@@H](C)O)s1. The van der Waals surface area contributed by atoms with Gasteiger partial charge in [-0.15, -0.1) is 11.3 Å². The molecular formula is C13H14BrNO2S. The molecule has 1 N–H and O–H groups in total. The Balaban J connectivity index is 2.13. The molecular weight excluding hydrogens is 314 g/mol. The molecule has 2 rings (SSSR count). The topological polar surface area (TPSA) is 42.4 Å². The molecule has 0 aliphatic heterocycles. The van der Waals surface area contributed by atoms with Gasteiger partial charge in [-0.3, -0.25) is 0 Å². The second-order valence-electron chi connectivity index (χ2n) is 3.99. The third-order valence-corrected chi connectivity index (χ3v) is 3.84. The first kappa shape index (κ1) is 13.5. The van der Waals surface area contributed by atoms with E-state index in [4.69, 9.17) is 4.74 Å². The lowest BCUT2D eigenvalue weighted by Crippen LogP contribution is -2.00. The van der Waals surface area contributed by atoms with E-state index in [1.807, 2.05) is 31.3 Å². The van der Waals surface area contributed by atoms with Crippen LogP contribution >= 0.6 is 27.3 Å². The highest BCUT2D eigenvalue weighted by atomic mass is 79.9. The van der Waals surface area contributed by atoms with Gasteiger partial charge < -0.3 is 9.84 Å². The Labute approximate surface area is 119 Å². The van der Waals surface area contributed by atoms with Crippen LogP contribution < -0.4 is 4.74 Å². The lowest BCUT2D eigenvalue weighted by Gasteiger charge is -2.13. The van der Waals surface area contributed by atoms with Gasteiger partial charge in [-0.2, -0.15) is 0 Å². The smallest absolute Gasteiger partial charge is 0.125 e. The predicted molar refractivity (Wildman–Crippen MR) is 76.0 cm³/mol. The van der Waals surface area contributed by atoms with Crippen molar-refractivity contribution in [3.63, 3.8) is 0 Å². The van der Waals surface area contributed by atoms with E-state index >= 15 is 0 Å². The van der Waals surface area contributed by atoms with E-state index in [0.29, 0.717) is 12.4 Å². The minimum absolute atomic E-state index is 0.479. The molecule has 5 heteroatoms. The molecule has 0 spiro atoms. The summed E-state index contributed by atoms with van der Waals surface area (Å²) in [5.74, 6) is 0.708. The summed E-state index contributed by atoms with van der Waals surface area (Å²) >= 11 is 5.01. The van der Waals surface area contributed by atoms with Crippen LogP contribution in [0.3, 0.4) is 0 Å². The molecule has 2 aromatic rings. The van der Waals surface area contributed by atoms with Gasteiger partial charge in [0.1, 0.15) is 12.4 Å². The monoisotopic (exact) mass is 327 g/mol. The molecule has 1 atom stereocenters. The quantitative estimate of drug-likeness (QED) is 0.927. The molecule has 0 fully saturated rings. The summed E-state index contributed by atoms with van der Waals surface area (Å²) in [6.45, 7) is 4.17.